The van der Waals surface area contributed by atoms with Crippen LogP contribution in [0.4, 0.5) is 13.2 Å². The molecule has 1 aromatic carbocycles. The first-order chi connectivity index (χ1) is 16.2. The van der Waals surface area contributed by atoms with E-state index in [2.05, 4.69) is 9.72 Å². The van der Waals surface area contributed by atoms with Gasteiger partial charge < -0.3 is 23.5 Å². The Hall–Kier alpha value is -3.76. The standard InChI is InChI=1S/C23H21F3N4O4/c1-14-12-29(13-27-14)17-3-4-18-21(31)28(8-9-30(18)22(17)32)10-11-33-19-5-2-16(24)20-15(19)6-7-23(25,26)34-20/h2-5,12-13H,6-11H2,1H3. The highest BCUT2D eigenvalue weighted by Crippen LogP contribution is 2.41. The SMILES string of the molecule is Cc1cn(-c2ccc3n(c2=O)CCN(CCOc2ccc(F)c4c2CCC(F)(F)O4)C3=O)cn1. The Labute approximate surface area is 192 Å². The van der Waals surface area contributed by atoms with Crippen LogP contribution in [0.3, 0.4) is 0 Å². The van der Waals surface area contributed by atoms with Crippen LogP contribution in [0.15, 0.2) is 41.6 Å². The van der Waals surface area contributed by atoms with Crippen molar-refractivity contribution >= 4 is 5.91 Å². The van der Waals surface area contributed by atoms with Crippen molar-refractivity contribution in [3.63, 3.8) is 0 Å². The van der Waals surface area contributed by atoms with Gasteiger partial charge in [0.15, 0.2) is 11.6 Å². The maximum atomic E-state index is 14.0. The quantitative estimate of drug-likeness (QED) is 0.568. The number of imidazole rings is 1. The monoisotopic (exact) mass is 474 g/mol. The lowest BCUT2D eigenvalue weighted by Crippen LogP contribution is -2.46. The molecule has 2 aliphatic heterocycles. The van der Waals surface area contributed by atoms with Crippen molar-refractivity contribution in [2.75, 3.05) is 19.7 Å². The molecule has 5 rings (SSSR count). The number of hydrogen-bond acceptors (Lipinski definition) is 5. The molecule has 0 spiro atoms. The molecule has 34 heavy (non-hydrogen) atoms. The van der Waals surface area contributed by atoms with Gasteiger partial charge in [-0.05, 0) is 37.6 Å². The van der Waals surface area contributed by atoms with Crippen molar-refractivity contribution in [1.29, 1.82) is 0 Å². The molecule has 0 aliphatic carbocycles. The van der Waals surface area contributed by atoms with Gasteiger partial charge in [0.05, 0.1) is 25.0 Å². The first-order valence-corrected chi connectivity index (χ1v) is 10.8. The highest BCUT2D eigenvalue weighted by atomic mass is 19.3. The van der Waals surface area contributed by atoms with E-state index in [-0.39, 0.29) is 48.0 Å². The van der Waals surface area contributed by atoms with E-state index in [1.807, 2.05) is 6.92 Å². The number of pyridine rings is 1. The van der Waals surface area contributed by atoms with Crippen LogP contribution in [0, 0.1) is 12.7 Å². The number of carbonyl (C=O) groups is 1. The van der Waals surface area contributed by atoms with Crippen LogP contribution in [0.2, 0.25) is 0 Å². The van der Waals surface area contributed by atoms with Gasteiger partial charge in [-0.2, -0.15) is 8.78 Å². The first kappa shape index (κ1) is 22.1. The third-order valence-corrected chi connectivity index (χ3v) is 5.95. The molecule has 3 aromatic rings. The van der Waals surface area contributed by atoms with Crippen LogP contribution < -0.4 is 15.0 Å². The molecule has 0 radical (unpaired) electrons. The van der Waals surface area contributed by atoms with E-state index in [0.717, 1.165) is 11.8 Å². The molecule has 0 fully saturated rings. The van der Waals surface area contributed by atoms with Crippen molar-refractivity contribution < 1.29 is 27.4 Å². The number of fused-ring (bicyclic) bond motifs is 2. The van der Waals surface area contributed by atoms with Crippen molar-refractivity contribution in [2.24, 2.45) is 0 Å². The Morgan fingerprint density at radius 3 is 2.76 bits per heavy atom. The number of hydrogen-bond donors (Lipinski definition) is 0. The molecule has 4 heterocycles. The summed E-state index contributed by atoms with van der Waals surface area (Å²) in [6, 6.07) is 5.58. The number of rotatable bonds is 5. The Bertz CT molecular complexity index is 1330. The van der Waals surface area contributed by atoms with Gasteiger partial charge in [0.25, 0.3) is 11.5 Å². The van der Waals surface area contributed by atoms with Gasteiger partial charge in [0, 0.05) is 24.8 Å². The zero-order chi connectivity index (χ0) is 24.0. The lowest BCUT2D eigenvalue weighted by molar-refractivity contribution is -0.188. The smallest absolute Gasteiger partial charge is 0.398 e. The maximum Gasteiger partial charge on any atom is 0.398 e. The summed E-state index contributed by atoms with van der Waals surface area (Å²) < 4.78 is 54.3. The minimum atomic E-state index is -3.42. The molecule has 11 heteroatoms. The number of aryl methyl sites for hydroxylation is 1. The summed E-state index contributed by atoms with van der Waals surface area (Å²) in [6.45, 7) is 2.71. The van der Waals surface area contributed by atoms with Crippen LogP contribution in [0.25, 0.3) is 5.69 Å². The molecule has 8 nitrogen and oxygen atoms in total. The molecule has 0 bridgehead atoms. The fourth-order valence-corrected chi connectivity index (χ4v) is 4.22. The van der Waals surface area contributed by atoms with Gasteiger partial charge in [0.1, 0.15) is 23.7 Å². The number of amides is 1. The fourth-order valence-electron chi connectivity index (χ4n) is 4.22. The summed E-state index contributed by atoms with van der Waals surface area (Å²) in [4.78, 5) is 31.5. The van der Waals surface area contributed by atoms with Gasteiger partial charge in [-0.3, -0.25) is 9.59 Å². The van der Waals surface area contributed by atoms with Crippen LogP contribution in [0.5, 0.6) is 11.5 Å². The van der Waals surface area contributed by atoms with Crippen molar-refractivity contribution in [3.8, 4) is 17.2 Å². The Kier molecular flexibility index (Phi) is 5.34. The summed E-state index contributed by atoms with van der Waals surface area (Å²) in [6.07, 6.45) is -0.801. The van der Waals surface area contributed by atoms with Gasteiger partial charge in [-0.25, -0.2) is 9.37 Å². The molecule has 0 atom stereocenters. The molecule has 0 N–H and O–H groups in total. The number of nitrogens with zero attached hydrogens (tertiary/aromatic N) is 4. The second-order valence-corrected chi connectivity index (χ2v) is 8.22. The Balaban J connectivity index is 1.28. The van der Waals surface area contributed by atoms with Gasteiger partial charge in [-0.1, -0.05) is 0 Å². The summed E-state index contributed by atoms with van der Waals surface area (Å²) >= 11 is 0. The van der Waals surface area contributed by atoms with E-state index in [0.29, 0.717) is 18.8 Å². The van der Waals surface area contributed by atoms with Gasteiger partial charge in [-0.15, -0.1) is 0 Å². The molecule has 0 unspecified atom stereocenters. The number of alkyl halides is 2. The lowest BCUT2D eigenvalue weighted by Gasteiger charge is -2.30. The average molecular weight is 474 g/mol. The third kappa shape index (κ3) is 3.91. The average Bonchev–Trinajstić information content (AvgIpc) is 3.23. The normalized spacial score (nSPS) is 16.6. The van der Waals surface area contributed by atoms with E-state index in [4.69, 9.17) is 4.74 Å². The highest BCUT2D eigenvalue weighted by Gasteiger charge is 2.39. The minimum Gasteiger partial charge on any atom is -0.491 e. The van der Waals surface area contributed by atoms with Gasteiger partial charge in [0.2, 0.25) is 0 Å². The van der Waals surface area contributed by atoms with Crippen molar-refractivity contribution in [3.05, 3.63) is 69.9 Å². The lowest BCUT2D eigenvalue weighted by atomic mass is 10.0. The molecule has 2 aromatic heterocycles. The molecule has 2 aliphatic rings. The molecule has 178 valence electrons. The molecule has 0 saturated heterocycles. The third-order valence-electron chi connectivity index (χ3n) is 5.95. The summed E-state index contributed by atoms with van der Waals surface area (Å²) in [5.74, 6) is -1.45. The van der Waals surface area contributed by atoms with Crippen LogP contribution in [-0.2, 0) is 13.0 Å². The van der Waals surface area contributed by atoms with E-state index < -0.39 is 24.1 Å². The predicted molar refractivity (Wildman–Crippen MR) is 114 cm³/mol. The maximum absolute atomic E-state index is 14.0. The number of benzene rings is 1. The van der Waals surface area contributed by atoms with E-state index >= 15 is 0 Å². The van der Waals surface area contributed by atoms with E-state index in [1.54, 1.807) is 34.1 Å². The predicted octanol–water partition coefficient (Wildman–Crippen LogP) is 2.93. The van der Waals surface area contributed by atoms with Crippen LogP contribution >= 0.6 is 0 Å². The zero-order valence-electron chi connectivity index (χ0n) is 18.3. The largest absolute Gasteiger partial charge is 0.491 e. The zero-order valence-corrected chi connectivity index (χ0v) is 18.3. The molecule has 0 saturated carbocycles. The number of carbonyl (C=O) groups excluding carboxylic acids is 1. The molecular weight excluding hydrogens is 453 g/mol. The summed E-state index contributed by atoms with van der Waals surface area (Å²) in [5, 5.41) is 0. The number of ether oxygens (including phenoxy) is 2. The first-order valence-electron chi connectivity index (χ1n) is 10.8. The van der Waals surface area contributed by atoms with Crippen molar-refractivity contribution in [1.82, 2.24) is 19.0 Å². The topological polar surface area (TPSA) is 78.6 Å². The second-order valence-electron chi connectivity index (χ2n) is 8.22. The fraction of sp³-hybridized carbons (Fsp3) is 0.348. The van der Waals surface area contributed by atoms with Crippen LogP contribution in [0.1, 0.15) is 28.2 Å². The van der Waals surface area contributed by atoms with Crippen LogP contribution in [-0.4, -0.2) is 50.7 Å². The minimum absolute atomic E-state index is 0.0663. The Morgan fingerprint density at radius 2 is 2.00 bits per heavy atom. The summed E-state index contributed by atoms with van der Waals surface area (Å²) in [7, 11) is 0. The second kappa shape index (κ2) is 8.23. The van der Waals surface area contributed by atoms with E-state index in [1.165, 1.54) is 10.6 Å². The number of aromatic nitrogens is 3. The van der Waals surface area contributed by atoms with Crippen molar-refractivity contribution in [2.45, 2.75) is 32.4 Å². The highest BCUT2D eigenvalue weighted by molar-refractivity contribution is 5.93. The van der Waals surface area contributed by atoms with E-state index in [9.17, 15) is 22.8 Å². The molecular formula is C23H21F3N4O4. The number of halogens is 3. The Morgan fingerprint density at radius 1 is 1.18 bits per heavy atom. The summed E-state index contributed by atoms with van der Waals surface area (Å²) in [5.41, 5.74) is 1.41. The van der Waals surface area contributed by atoms with Gasteiger partial charge >= 0.3 is 6.11 Å². The molecule has 1 amide bonds.